The van der Waals surface area contributed by atoms with Gasteiger partial charge in [0, 0.05) is 6.42 Å². The van der Waals surface area contributed by atoms with Crippen molar-refractivity contribution in [2.45, 2.75) is 19.8 Å². The molecule has 0 amide bonds. The van der Waals surface area contributed by atoms with Gasteiger partial charge in [0.2, 0.25) is 0 Å². The second kappa shape index (κ2) is 4.04. The molecule has 3 nitrogen and oxygen atoms in total. The lowest BCUT2D eigenvalue weighted by Gasteiger charge is -2.13. The van der Waals surface area contributed by atoms with Crippen LogP contribution in [0.1, 0.15) is 19.8 Å². The Morgan fingerprint density at radius 2 is 2.50 bits per heavy atom. The first-order valence-electron chi connectivity index (χ1n) is 4.11. The number of carbonyl (C=O) groups is 2. The highest BCUT2D eigenvalue weighted by atomic mass is 16.5. The van der Waals surface area contributed by atoms with E-state index in [1.165, 1.54) is 6.08 Å². The molecule has 0 spiro atoms. The maximum atomic E-state index is 11.1. The van der Waals surface area contributed by atoms with E-state index in [9.17, 15) is 9.59 Å². The molecular weight excluding hydrogens is 156 g/mol. The van der Waals surface area contributed by atoms with Gasteiger partial charge in [-0.05, 0) is 19.4 Å². The predicted octanol–water partition coefficient (Wildman–Crippen LogP) is 1.08. The lowest BCUT2D eigenvalue weighted by atomic mass is 9.95. The Bertz CT molecular complexity index is 218. The Balaban J connectivity index is 2.49. The van der Waals surface area contributed by atoms with Gasteiger partial charge in [-0.3, -0.25) is 9.59 Å². The van der Waals surface area contributed by atoms with E-state index in [0.29, 0.717) is 19.4 Å². The van der Waals surface area contributed by atoms with Crippen LogP contribution < -0.4 is 0 Å². The molecule has 0 aliphatic heterocycles. The largest absolute Gasteiger partial charge is 0.466 e. The summed E-state index contributed by atoms with van der Waals surface area (Å²) < 4.78 is 4.82. The minimum atomic E-state index is -0.221. The van der Waals surface area contributed by atoms with Crippen LogP contribution in [0.5, 0.6) is 0 Å². The van der Waals surface area contributed by atoms with E-state index in [0.717, 1.165) is 0 Å². The Morgan fingerprint density at radius 1 is 1.75 bits per heavy atom. The second-order valence-corrected chi connectivity index (χ2v) is 2.72. The van der Waals surface area contributed by atoms with E-state index in [1.54, 1.807) is 13.0 Å². The maximum Gasteiger partial charge on any atom is 0.312 e. The minimum absolute atomic E-state index is 0.0931. The van der Waals surface area contributed by atoms with Crippen LogP contribution >= 0.6 is 0 Å². The molecule has 0 heterocycles. The van der Waals surface area contributed by atoms with Gasteiger partial charge < -0.3 is 4.74 Å². The van der Waals surface area contributed by atoms with Crippen molar-refractivity contribution in [1.82, 2.24) is 0 Å². The van der Waals surface area contributed by atoms with Crippen LogP contribution in [0.3, 0.4) is 0 Å². The molecule has 1 rings (SSSR count). The van der Waals surface area contributed by atoms with Crippen molar-refractivity contribution in [3.63, 3.8) is 0 Å². The van der Waals surface area contributed by atoms with Crippen LogP contribution in [-0.2, 0) is 14.3 Å². The third kappa shape index (κ3) is 2.19. The molecule has 0 aromatic carbocycles. The molecule has 0 bridgehead atoms. The number of rotatable bonds is 2. The fourth-order valence-electron chi connectivity index (χ4n) is 1.15. The first kappa shape index (κ1) is 8.97. The van der Waals surface area contributed by atoms with Gasteiger partial charge in [-0.2, -0.15) is 0 Å². The van der Waals surface area contributed by atoms with Gasteiger partial charge >= 0.3 is 5.97 Å². The topological polar surface area (TPSA) is 43.4 Å². The summed E-state index contributed by atoms with van der Waals surface area (Å²) in [7, 11) is 0. The van der Waals surface area contributed by atoms with E-state index < -0.39 is 0 Å². The van der Waals surface area contributed by atoms with Crippen molar-refractivity contribution in [2.75, 3.05) is 6.61 Å². The van der Waals surface area contributed by atoms with Crippen LogP contribution in [0.4, 0.5) is 0 Å². The smallest absolute Gasteiger partial charge is 0.312 e. The Kier molecular flexibility index (Phi) is 3.02. The van der Waals surface area contributed by atoms with E-state index in [-0.39, 0.29) is 17.7 Å². The number of hydrogen-bond donors (Lipinski definition) is 0. The SMILES string of the molecule is CCOC(=O)C1C=CC(=O)CC1. The maximum absolute atomic E-state index is 11.1. The summed E-state index contributed by atoms with van der Waals surface area (Å²) in [5.41, 5.74) is 0. The lowest BCUT2D eigenvalue weighted by Crippen LogP contribution is -2.19. The van der Waals surface area contributed by atoms with Gasteiger partial charge in [-0.15, -0.1) is 0 Å². The van der Waals surface area contributed by atoms with Crippen molar-refractivity contribution in [3.8, 4) is 0 Å². The molecule has 0 fully saturated rings. The van der Waals surface area contributed by atoms with Gasteiger partial charge in [-0.25, -0.2) is 0 Å². The molecule has 1 atom stereocenters. The van der Waals surface area contributed by atoms with Gasteiger partial charge in [0.05, 0.1) is 12.5 Å². The van der Waals surface area contributed by atoms with Crippen LogP contribution in [0.15, 0.2) is 12.2 Å². The zero-order valence-corrected chi connectivity index (χ0v) is 7.08. The van der Waals surface area contributed by atoms with E-state index in [4.69, 9.17) is 4.74 Å². The number of ketones is 1. The summed E-state index contributed by atoms with van der Waals surface area (Å²) in [5, 5.41) is 0. The molecule has 1 aliphatic rings. The third-order valence-electron chi connectivity index (χ3n) is 1.81. The summed E-state index contributed by atoms with van der Waals surface area (Å²) in [5.74, 6) is -0.334. The fourth-order valence-corrected chi connectivity index (χ4v) is 1.15. The van der Waals surface area contributed by atoms with Crippen molar-refractivity contribution in [3.05, 3.63) is 12.2 Å². The summed E-state index contributed by atoms with van der Waals surface area (Å²) >= 11 is 0. The van der Waals surface area contributed by atoms with Crippen LogP contribution in [0.25, 0.3) is 0 Å². The number of allylic oxidation sites excluding steroid dienone is 1. The van der Waals surface area contributed by atoms with E-state index in [2.05, 4.69) is 0 Å². The molecule has 0 saturated carbocycles. The molecule has 0 saturated heterocycles. The zero-order valence-electron chi connectivity index (χ0n) is 7.08. The van der Waals surface area contributed by atoms with E-state index in [1.807, 2.05) is 0 Å². The first-order chi connectivity index (χ1) is 5.74. The summed E-state index contributed by atoms with van der Waals surface area (Å²) in [6, 6.07) is 0. The quantitative estimate of drug-likeness (QED) is 0.579. The fraction of sp³-hybridized carbons (Fsp3) is 0.556. The molecule has 0 radical (unpaired) electrons. The molecule has 12 heavy (non-hydrogen) atoms. The average molecular weight is 168 g/mol. The van der Waals surface area contributed by atoms with Crippen molar-refractivity contribution in [2.24, 2.45) is 5.92 Å². The normalized spacial score (nSPS) is 22.4. The molecular formula is C9H12O3. The second-order valence-electron chi connectivity index (χ2n) is 2.72. The molecule has 0 aromatic heterocycles. The van der Waals surface area contributed by atoms with Crippen molar-refractivity contribution < 1.29 is 14.3 Å². The monoisotopic (exact) mass is 168 g/mol. The zero-order chi connectivity index (χ0) is 8.97. The highest BCUT2D eigenvalue weighted by Gasteiger charge is 2.20. The van der Waals surface area contributed by atoms with Crippen molar-refractivity contribution in [1.29, 1.82) is 0 Å². The van der Waals surface area contributed by atoms with Gasteiger partial charge in [0.25, 0.3) is 0 Å². The predicted molar refractivity (Wildman–Crippen MR) is 43.5 cm³/mol. The average Bonchev–Trinajstić information content (AvgIpc) is 2.06. The third-order valence-corrected chi connectivity index (χ3v) is 1.81. The Hall–Kier alpha value is -1.12. The minimum Gasteiger partial charge on any atom is -0.466 e. The van der Waals surface area contributed by atoms with Crippen LogP contribution in [0, 0.1) is 5.92 Å². The molecule has 0 aromatic rings. The molecule has 0 N–H and O–H groups in total. The molecule has 1 unspecified atom stereocenters. The standard InChI is InChI=1S/C9H12O3/c1-2-12-9(11)7-3-5-8(10)6-4-7/h3,5,7H,2,4,6H2,1H3. The van der Waals surface area contributed by atoms with Crippen molar-refractivity contribution >= 4 is 11.8 Å². The number of esters is 1. The van der Waals surface area contributed by atoms with Crippen LogP contribution in [-0.4, -0.2) is 18.4 Å². The number of hydrogen-bond acceptors (Lipinski definition) is 3. The van der Waals surface area contributed by atoms with E-state index >= 15 is 0 Å². The Morgan fingerprint density at radius 3 is 3.00 bits per heavy atom. The summed E-state index contributed by atoms with van der Waals surface area (Å²) in [4.78, 5) is 21.9. The van der Waals surface area contributed by atoms with Gasteiger partial charge in [-0.1, -0.05) is 6.08 Å². The molecule has 66 valence electrons. The Labute approximate surface area is 71.4 Å². The summed E-state index contributed by atoms with van der Waals surface area (Å²) in [6.07, 6.45) is 4.14. The number of carbonyl (C=O) groups excluding carboxylic acids is 2. The summed E-state index contributed by atoms with van der Waals surface area (Å²) in [6.45, 7) is 2.17. The molecule has 3 heteroatoms. The number of ether oxygens (including phenoxy) is 1. The van der Waals surface area contributed by atoms with Crippen LogP contribution in [0.2, 0.25) is 0 Å². The highest BCUT2D eigenvalue weighted by Crippen LogP contribution is 2.16. The van der Waals surface area contributed by atoms with Gasteiger partial charge in [0.15, 0.2) is 5.78 Å². The first-order valence-corrected chi connectivity index (χ1v) is 4.11. The highest BCUT2D eigenvalue weighted by molar-refractivity contribution is 5.92. The van der Waals surface area contributed by atoms with Gasteiger partial charge in [0.1, 0.15) is 0 Å². The lowest BCUT2D eigenvalue weighted by molar-refractivity contribution is -0.146. The molecule has 1 aliphatic carbocycles.